The molecule has 0 bridgehead atoms. The van der Waals surface area contributed by atoms with Crippen molar-refractivity contribution in [3.8, 4) is 0 Å². The van der Waals surface area contributed by atoms with E-state index in [1.54, 1.807) is 29.2 Å². The number of likely N-dealkylation sites (tertiary alicyclic amines) is 1. The fourth-order valence-corrected chi connectivity index (χ4v) is 4.93. The number of nitrogens with one attached hydrogen (secondary N) is 2. The Morgan fingerprint density at radius 1 is 1.12 bits per heavy atom. The zero-order valence-corrected chi connectivity index (χ0v) is 19.6. The molecule has 1 aromatic carbocycles. The summed E-state index contributed by atoms with van der Waals surface area (Å²) in [7, 11) is 2.14. The summed E-state index contributed by atoms with van der Waals surface area (Å²) >= 11 is 6.02. The van der Waals surface area contributed by atoms with Crippen LogP contribution in [0.25, 0.3) is 10.9 Å². The fourth-order valence-electron chi connectivity index (χ4n) is 4.75. The number of aromatic nitrogens is 1. The van der Waals surface area contributed by atoms with Gasteiger partial charge in [-0.15, -0.1) is 0 Å². The van der Waals surface area contributed by atoms with E-state index in [-0.39, 0.29) is 12.3 Å². The van der Waals surface area contributed by atoms with Gasteiger partial charge in [-0.1, -0.05) is 11.6 Å². The molecule has 2 fully saturated rings. The van der Waals surface area contributed by atoms with Crippen molar-refractivity contribution in [1.82, 2.24) is 25.0 Å². The number of amides is 3. The molecule has 3 heterocycles. The quantitative estimate of drug-likeness (QED) is 0.578. The summed E-state index contributed by atoms with van der Waals surface area (Å²) in [4.78, 5) is 47.2. The molecule has 2 aromatic rings. The van der Waals surface area contributed by atoms with Gasteiger partial charge in [0.15, 0.2) is 0 Å². The van der Waals surface area contributed by atoms with E-state index in [0.29, 0.717) is 29.8 Å². The van der Waals surface area contributed by atoms with Gasteiger partial charge in [-0.2, -0.15) is 0 Å². The van der Waals surface area contributed by atoms with Crippen molar-refractivity contribution in [3.63, 3.8) is 0 Å². The number of hydrogen-bond acceptors (Lipinski definition) is 5. The van der Waals surface area contributed by atoms with Gasteiger partial charge in [0.2, 0.25) is 11.8 Å². The van der Waals surface area contributed by atoms with Crippen LogP contribution in [0.4, 0.5) is 0 Å². The van der Waals surface area contributed by atoms with Gasteiger partial charge in [-0.3, -0.25) is 19.3 Å². The zero-order chi connectivity index (χ0) is 23.5. The van der Waals surface area contributed by atoms with Gasteiger partial charge < -0.3 is 25.8 Å². The molecule has 4 rings (SSSR count). The first-order valence-electron chi connectivity index (χ1n) is 11.4. The molecular weight excluding hydrogens is 444 g/mol. The number of benzene rings is 1. The number of hydrogen-bond donors (Lipinski definition) is 3. The molecule has 1 aromatic heterocycles. The summed E-state index contributed by atoms with van der Waals surface area (Å²) in [6.45, 7) is 4.91. The lowest BCUT2D eigenvalue weighted by atomic mass is 10.0. The minimum absolute atomic E-state index is 0.244. The molecule has 3 amide bonds. The minimum Gasteiger partial charge on any atom is -0.370 e. The maximum absolute atomic E-state index is 13.2. The van der Waals surface area contributed by atoms with Crippen LogP contribution in [0.3, 0.4) is 0 Å². The molecule has 0 saturated carbocycles. The highest BCUT2D eigenvalue weighted by molar-refractivity contribution is 6.31. The summed E-state index contributed by atoms with van der Waals surface area (Å²) in [5.74, 6) is -1.38. The molecule has 0 unspecified atom stereocenters. The zero-order valence-electron chi connectivity index (χ0n) is 18.8. The second kappa shape index (κ2) is 10.1. The third-order valence-electron chi connectivity index (χ3n) is 6.67. The maximum atomic E-state index is 13.2. The number of aromatic amines is 1. The molecule has 2 aliphatic rings. The van der Waals surface area contributed by atoms with E-state index in [0.717, 1.165) is 49.9 Å². The highest BCUT2D eigenvalue weighted by Crippen LogP contribution is 2.21. The van der Waals surface area contributed by atoms with Gasteiger partial charge >= 0.3 is 0 Å². The molecule has 1 atom stereocenters. The normalized spacial score (nSPS) is 19.5. The van der Waals surface area contributed by atoms with Crippen LogP contribution >= 0.6 is 11.6 Å². The number of piperazine rings is 1. The molecule has 4 N–H and O–H groups in total. The Hall–Kier alpha value is -2.62. The molecule has 0 radical (unpaired) electrons. The maximum Gasteiger partial charge on any atom is 0.268 e. The Morgan fingerprint density at radius 2 is 1.82 bits per heavy atom. The Balaban J connectivity index is 1.38. The van der Waals surface area contributed by atoms with Crippen LogP contribution in [0, 0.1) is 0 Å². The van der Waals surface area contributed by atoms with E-state index in [2.05, 4.69) is 27.1 Å². The van der Waals surface area contributed by atoms with Crippen molar-refractivity contribution in [1.29, 1.82) is 0 Å². The van der Waals surface area contributed by atoms with Crippen molar-refractivity contribution in [2.24, 2.45) is 5.73 Å². The summed E-state index contributed by atoms with van der Waals surface area (Å²) in [5.41, 5.74) is 6.44. The number of nitrogens with zero attached hydrogens (tertiary/aromatic N) is 3. The van der Waals surface area contributed by atoms with Crippen molar-refractivity contribution >= 4 is 40.2 Å². The molecule has 10 heteroatoms. The predicted octanol–water partition coefficient (Wildman–Crippen LogP) is 1.03. The number of fused-ring (bicyclic) bond motifs is 1. The average Bonchev–Trinajstić information content (AvgIpc) is 3.22. The third kappa shape index (κ3) is 5.66. The van der Waals surface area contributed by atoms with Gasteiger partial charge in [0.25, 0.3) is 5.91 Å². The van der Waals surface area contributed by atoms with Crippen LogP contribution in [0.1, 0.15) is 29.8 Å². The van der Waals surface area contributed by atoms with E-state index in [1.807, 2.05) is 0 Å². The second-order valence-corrected chi connectivity index (χ2v) is 9.44. The third-order valence-corrected chi connectivity index (χ3v) is 6.90. The highest BCUT2D eigenvalue weighted by atomic mass is 35.5. The number of carbonyl (C=O) groups excluding carboxylic acids is 3. The number of nitrogens with two attached hydrogens (primary N) is 1. The van der Waals surface area contributed by atoms with E-state index in [1.165, 1.54) is 0 Å². The van der Waals surface area contributed by atoms with Crippen LogP contribution in [0.2, 0.25) is 5.02 Å². The van der Waals surface area contributed by atoms with Gasteiger partial charge in [0.05, 0.1) is 6.42 Å². The van der Waals surface area contributed by atoms with Crippen molar-refractivity contribution in [2.45, 2.75) is 31.3 Å². The molecule has 0 aliphatic carbocycles. The summed E-state index contributed by atoms with van der Waals surface area (Å²) in [5, 5.41) is 4.05. The molecule has 2 aliphatic heterocycles. The summed E-state index contributed by atoms with van der Waals surface area (Å²) in [6, 6.07) is 6.48. The highest BCUT2D eigenvalue weighted by Gasteiger charge is 2.32. The largest absolute Gasteiger partial charge is 0.370 e. The lowest BCUT2D eigenvalue weighted by Crippen LogP contribution is -2.58. The van der Waals surface area contributed by atoms with E-state index in [4.69, 9.17) is 17.3 Å². The van der Waals surface area contributed by atoms with Crippen LogP contribution in [-0.4, -0.2) is 95.8 Å². The number of piperidine rings is 1. The summed E-state index contributed by atoms with van der Waals surface area (Å²) < 4.78 is 0. The molecule has 2 saturated heterocycles. The van der Waals surface area contributed by atoms with Crippen molar-refractivity contribution in [3.05, 3.63) is 35.0 Å². The van der Waals surface area contributed by atoms with E-state index < -0.39 is 17.9 Å². The number of halogens is 1. The average molecular weight is 475 g/mol. The van der Waals surface area contributed by atoms with Gasteiger partial charge in [0.1, 0.15) is 11.7 Å². The number of primary amides is 1. The van der Waals surface area contributed by atoms with Gasteiger partial charge in [-0.25, -0.2) is 0 Å². The topological polar surface area (TPSA) is 115 Å². The Morgan fingerprint density at radius 3 is 2.48 bits per heavy atom. The fraction of sp³-hybridized carbons (Fsp3) is 0.522. The number of rotatable bonds is 6. The van der Waals surface area contributed by atoms with Gasteiger partial charge in [0, 0.05) is 48.1 Å². The molecular formula is C23H31ClN6O3. The Kier molecular flexibility index (Phi) is 7.21. The van der Waals surface area contributed by atoms with Crippen molar-refractivity contribution in [2.75, 3.05) is 46.3 Å². The first-order valence-corrected chi connectivity index (χ1v) is 11.8. The first-order chi connectivity index (χ1) is 15.8. The SMILES string of the molecule is CN1CCC(N2CCN(C(=O)[C@@H](CC(N)=O)NC(=O)c3cc4cc(Cl)ccc4[nH]3)CC2)CC1. The molecule has 9 nitrogen and oxygen atoms in total. The van der Waals surface area contributed by atoms with Gasteiger partial charge in [-0.05, 0) is 57.2 Å². The second-order valence-electron chi connectivity index (χ2n) is 9.01. The minimum atomic E-state index is -1.00. The lowest BCUT2D eigenvalue weighted by molar-refractivity contribution is -0.137. The van der Waals surface area contributed by atoms with E-state index >= 15 is 0 Å². The Bertz CT molecular complexity index is 1020. The van der Waals surface area contributed by atoms with Crippen LogP contribution < -0.4 is 11.1 Å². The van der Waals surface area contributed by atoms with Crippen LogP contribution in [0.5, 0.6) is 0 Å². The molecule has 0 spiro atoms. The Labute approximate surface area is 198 Å². The standard InChI is InChI=1S/C23H31ClN6O3/c1-28-6-4-17(5-7-28)29-8-10-30(11-9-29)23(33)20(14-21(25)31)27-22(32)19-13-15-12-16(24)2-3-18(15)26-19/h2-3,12-13,17,20,26H,4-11,14H2,1H3,(H2,25,31)(H,27,32)/t20-/m1/s1. The lowest BCUT2D eigenvalue weighted by Gasteiger charge is -2.42. The van der Waals surface area contributed by atoms with Crippen molar-refractivity contribution < 1.29 is 14.4 Å². The number of carbonyl (C=O) groups is 3. The summed E-state index contributed by atoms with van der Waals surface area (Å²) in [6.07, 6.45) is 2.03. The van der Waals surface area contributed by atoms with Crippen LogP contribution in [-0.2, 0) is 9.59 Å². The van der Waals surface area contributed by atoms with E-state index in [9.17, 15) is 14.4 Å². The number of H-pyrrole nitrogens is 1. The molecule has 33 heavy (non-hydrogen) atoms. The predicted molar refractivity (Wildman–Crippen MR) is 127 cm³/mol. The monoisotopic (exact) mass is 474 g/mol. The smallest absolute Gasteiger partial charge is 0.268 e. The first kappa shape index (κ1) is 23.5. The van der Waals surface area contributed by atoms with Crippen LogP contribution in [0.15, 0.2) is 24.3 Å². The molecule has 178 valence electrons.